The van der Waals surface area contributed by atoms with Crippen LogP contribution in [0.4, 0.5) is 9.39 Å². The molecule has 1 aliphatic heterocycles. The molecule has 1 saturated heterocycles. The normalized spacial score (nSPS) is 14.6. The van der Waals surface area contributed by atoms with Crippen LogP contribution < -0.4 is 4.90 Å². The SMILES string of the molecule is N#Cc1c(N2CCOCC2)sc(C=O)c1-c1ccc(F)cc1. The molecule has 1 aliphatic rings. The maximum atomic E-state index is 13.1. The number of carbonyl (C=O) groups excluding carboxylic acids is 1. The van der Waals surface area contributed by atoms with Gasteiger partial charge in [-0.2, -0.15) is 5.26 Å². The molecule has 0 N–H and O–H groups in total. The second kappa shape index (κ2) is 6.26. The zero-order valence-electron chi connectivity index (χ0n) is 11.7. The molecule has 6 heteroatoms. The topological polar surface area (TPSA) is 53.3 Å². The third-order valence-corrected chi connectivity index (χ3v) is 4.74. The van der Waals surface area contributed by atoms with Crippen molar-refractivity contribution >= 4 is 22.6 Å². The maximum absolute atomic E-state index is 13.1. The summed E-state index contributed by atoms with van der Waals surface area (Å²) in [6.45, 7) is 2.59. The summed E-state index contributed by atoms with van der Waals surface area (Å²) in [5.74, 6) is -0.349. The van der Waals surface area contributed by atoms with Crippen LogP contribution >= 0.6 is 11.3 Å². The Morgan fingerprint density at radius 3 is 2.55 bits per heavy atom. The molecule has 0 aliphatic carbocycles. The molecule has 3 rings (SSSR count). The number of nitriles is 1. The Kier molecular flexibility index (Phi) is 4.18. The number of halogens is 1. The van der Waals surface area contributed by atoms with Gasteiger partial charge >= 0.3 is 0 Å². The molecule has 0 radical (unpaired) electrons. The average Bonchev–Trinajstić information content (AvgIpc) is 2.95. The Labute approximate surface area is 131 Å². The van der Waals surface area contributed by atoms with Crippen LogP contribution in [-0.2, 0) is 4.74 Å². The van der Waals surface area contributed by atoms with Crippen molar-refractivity contribution < 1.29 is 13.9 Å². The highest BCUT2D eigenvalue weighted by Gasteiger charge is 2.24. The maximum Gasteiger partial charge on any atom is 0.160 e. The summed E-state index contributed by atoms with van der Waals surface area (Å²) in [4.78, 5) is 14.0. The monoisotopic (exact) mass is 316 g/mol. The zero-order chi connectivity index (χ0) is 15.5. The summed E-state index contributed by atoms with van der Waals surface area (Å²) in [5, 5.41) is 10.3. The standard InChI is InChI=1S/C16H13FN2O2S/c17-12-3-1-11(2-4-12)15-13(9-18)16(22-14(15)10-20)19-5-7-21-8-6-19/h1-4,10H,5-8H2. The summed E-state index contributed by atoms with van der Waals surface area (Å²) in [6.07, 6.45) is 0.758. The van der Waals surface area contributed by atoms with Crippen LogP contribution in [-0.4, -0.2) is 32.6 Å². The van der Waals surface area contributed by atoms with Gasteiger partial charge in [0, 0.05) is 18.7 Å². The van der Waals surface area contributed by atoms with Gasteiger partial charge in [-0.1, -0.05) is 12.1 Å². The highest BCUT2D eigenvalue weighted by Crippen LogP contribution is 2.41. The molecular weight excluding hydrogens is 303 g/mol. The summed E-state index contributed by atoms with van der Waals surface area (Å²) < 4.78 is 18.4. The third-order valence-electron chi connectivity index (χ3n) is 3.57. The Bertz CT molecular complexity index is 728. The first-order valence-corrected chi connectivity index (χ1v) is 7.67. The van der Waals surface area contributed by atoms with E-state index in [1.54, 1.807) is 12.1 Å². The van der Waals surface area contributed by atoms with Crippen molar-refractivity contribution in [1.82, 2.24) is 0 Å². The van der Waals surface area contributed by atoms with Crippen molar-refractivity contribution in [2.24, 2.45) is 0 Å². The molecule has 0 amide bonds. The minimum atomic E-state index is -0.349. The van der Waals surface area contributed by atoms with Crippen molar-refractivity contribution in [3.8, 4) is 17.2 Å². The van der Waals surface area contributed by atoms with Gasteiger partial charge in [0.25, 0.3) is 0 Å². The van der Waals surface area contributed by atoms with Gasteiger partial charge in [-0.3, -0.25) is 4.79 Å². The van der Waals surface area contributed by atoms with E-state index in [2.05, 4.69) is 11.0 Å². The number of rotatable bonds is 3. The van der Waals surface area contributed by atoms with Crippen molar-refractivity contribution in [1.29, 1.82) is 5.26 Å². The number of hydrogen-bond donors (Lipinski definition) is 0. The highest BCUT2D eigenvalue weighted by molar-refractivity contribution is 7.18. The predicted octanol–water partition coefficient (Wildman–Crippen LogP) is 3.07. The molecule has 0 saturated carbocycles. The molecule has 0 bridgehead atoms. The van der Waals surface area contributed by atoms with Crippen LogP contribution in [0.1, 0.15) is 15.2 Å². The fourth-order valence-electron chi connectivity index (χ4n) is 2.52. The van der Waals surface area contributed by atoms with Crippen LogP contribution in [0, 0.1) is 17.1 Å². The largest absolute Gasteiger partial charge is 0.378 e. The van der Waals surface area contributed by atoms with E-state index >= 15 is 0 Å². The van der Waals surface area contributed by atoms with Gasteiger partial charge in [0.2, 0.25) is 0 Å². The van der Waals surface area contributed by atoms with Gasteiger partial charge in [0.15, 0.2) is 6.29 Å². The molecule has 22 heavy (non-hydrogen) atoms. The van der Waals surface area contributed by atoms with E-state index < -0.39 is 0 Å². The molecule has 4 nitrogen and oxygen atoms in total. The number of thiophene rings is 1. The van der Waals surface area contributed by atoms with Gasteiger partial charge in [-0.25, -0.2) is 4.39 Å². The van der Waals surface area contributed by atoms with E-state index in [1.165, 1.54) is 23.5 Å². The van der Waals surface area contributed by atoms with Crippen LogP contribution in [0.25, 0.3) is 11.1 Å². The highest BCUT2D eigenvalue weighted by atomic mass is 32.1. The quantitative estimate of drug-likeness (QED) is 0.817. The fourth-order valence-corrected chi connectivity index (χ4v) is 3.66. The molecule has 0 atom stereocenters. The van der Waals surface area contributed by atoms with E-state index in [0.717, 1.165) is 11.3 Å². The van der Waals surface area contributed by atoms with Crippen LogP contribution in [0.2, 0.25) is 0 Å². The lowest BCUT2D eigenvalue weighted by Crippen LogP contribution is -2.36. The van der Waals surface area contributed by atoms with E-state index in [0.29, 0.717) is 47.9 Å². The number of hydrogen-bond acceptors (Lipinski definition) is 5. The molecular formula is C16H13FN2O2S. The number of anilines is 1. The first-order valence-electron chi connectivity index (χ1n) is 6.85. The summed E-state index contributed by atoms with van der Waals surface area (Å²) in [5.41, 5.74) is 1.74. The Morgan fingerprint density at radius 1 is 1.27 bits per heavy atom. The van der Waals surface area contributed by atoms with Gasteiger partial charge < -0.3 is 9.64 Å². The predicted molar refractivity (Wildman–Crippen MR) is 82.8 cm³/mol. The molecule has 2 heterocycles. The molecule has 0 unspecified atom stereocenters. The molecule has 112 valence electrons. The number of benzene rings is 1. The van der Waals surface area contributed by atoms with Crippen molar-refractivity contribution in [3.05, 3.63) is 40.5 Å². The van der Waals surface area contributed by atoms with Crippen molar-refractivity contribution in [2.75, 3.05) is 31.2 Å². The van der Waals surface area contributed by atoms with Gasteiger partial charge in [-0.05, 0) is 17.7 Å². The fraction of sp³-hybridized carbons (Fsp3) is 0.250. The van der Waals surface area contributed by atoms with E-state index in [9.17, 15) is 14.4 Å². The smallest absolute Gasteiger partial charge is 0.160 e. The minimum absolute atomic E-state index is 0.349. The Hall–Kier alpha value is -2.23. The number of morpholine rings is 1. The third kappa shape index (κ3) is 2.61. The lowest BCUT2D eigenvalue weighted by atomic mass is 10.0. The average molecular weight is 316 g/mol. The van der Waals surface area contributed by atoms with Crippen LogP contribution in [0.5, 0.6) is 0 Å². The van der Waals surface area contributed by atoms with Crippen molar-refractivity contribution in [3.63, 3.8) is 0 Å². The molecule has 1 aromatic heterocycles. The summed E-state index contributed by atoms with van der Waals surface area (Å²) in [6, 6.07) is 8.05. The second-order valence-electron chi connectivity index (χ2n) is 4.86. The lowest BCUT2D eigenvalue weighted by molar-refractivity contribution is 0.112. The first-order chi connectivity index (χ1) is 10.7. The van der Waals surface area contributed by atoms with Gasteiger partial charge in [0.1, 0.15) is 16.9 Å². The Balaban J connectivity index is 2.12. The Morgan fingerprint density at radius 2 is 1.95 bits per heavy atom. The minimum Gasteiger partial charge on any atom is -0.378 e. The number of aldehydes is 1. The summed E-state index contributed by atoms with van der Waals surface area (Å²) in [7, 11) is 0. The zero-order valence-corrected chi connectivity index (χ0v) is 12.5. The molecule has 1 aromatic carbocycles. The molecule has 1 fully saturated rings. The lowest BCUT2D eigenvalue weighted by Gasteiger charge is -2.27. The van der Waals surface area contributed by atoms with Crippen LogP contribution in [0.3, 0.4) is 0 Å². The molecule has 2 aromatic rings. The molecule has 0 spiro atoms. The first kappa shape index (κ1) is 14.7. The number of ether oxygens (including phenoxy) is 1. The van der Waals surface area contributed by atoms with Crippen LogP contribution in [0.15, 0.2) is 24.3 Å². The van der Waals surface area contributed by atoms with Gasteiger partial charge in [-0.15, -0.1) is 11.3 Å². The number of nitrogens with zero attached hydrogens (tertiary/aromatic N) is 2. The second-order valence-corrected chi connectivity index (χ2v) is 5.89. The van der Waals surface area contributed by atoms with Gasteiger partial charge in [0.05, 0.1) is 23.7 Å². The van der Waals surface area contributed by atoms with E-state index in [1.807, 2.05) is 0 Å². The number of carbonyl (C=O) groups is 1. The van der Waals surface area contributed by atoms with E-state index in [4.69, 9.17) is 4.74 Å². The van der Waals surface area contributed by atoms with Crippen molar-refractivity contribution in [2.45, 2.75) is 0 Å². The summed E-state index contributed by atoms with van der Waals surface area (Å²) >= 11 is 1.30. The van der Waals surface area contributed by atoms with E-state index in [-0.39, 0.29) is 5.82 Å².